The number of rotatable bonds is 5. The standard InChI is InChI=1S/C19H22ClN3O2/c1-13-5-8-17(11-18(13)20)23(14(2)24)12-19(25)21-15-6-9-16(10-7-15)22(3)4/h5-11H,12H2,1-4H3,(H,21,25). The van der Waals surface area contributed by atoms with Crippen molar-refractivity contribution in [2.24, 2.45) is 0 Å². The molecule has 0 saturated carbocycles. The first-order valence-corrected chi connectivity index (χ1v) is 8.27. The molecule has 6 heteroatoms. The van der Waals surface area contributed by atoms with E-state index in [0.29, 0.717) is 16.4 Å². The van der Waals surface area contributed by atoms with Gasteiger partial charge in [0.1, 0.15) is 6.54 Å². The van der Waals surface area contributed by atoms with Gasteiger partial charge >= 0.3 is 0 Å². The molecule has 2 rings (SSSR count). The highest BCUT2D eigenvalue weighted by Crippen LogP contribution is 2.23. The van der Waals surface area contributed by atoms with E-state index >= 15 is 0 Å². The molecule has 0 unspecified atom stereocenters. The summed E-state index contributed by atoms with van der Waals surface area (Å²) in [6.07, 6.45) is 0. The van der Waals surface area contributed by atoms with Crippen LogP contribution >= 0.6 is 11.6 Å². The lowest BCUT2D eigenvalue weighted by molar-refractivity contribution is -0.120. The first-order valence-electron chi connectivity index (χ1n) is 7.89. The van der Waals surface area contributed by atoms with E-state index < -0.39 is 0 Å². The molecule has 2 aromatic carbocycles. The second-order valence-electron chi connectivity index (χ2n) is 6.03. The molecule has 1 N–H and O–H groups in total. The number of hydrogen-bond acceptors (Lipinski definition) is 3. The van der Waals surface area contributed by atoms with Crippen molar-refractivity contribution in [3.05, 3.63) is 53.1 Å². The summed E-state index contributed by atoms with van der Waals surface area (Å²) >= 11 is 6.13. The fourth-order valence-corrected chi connectivity index (χ4v) is 2.50. The third-order valence-corrected chi connectivity index (χ3v) is 4.22. The third-order valence-electron chi connectivity index (χ3n) is 3.82. The Hall–Kier alpha value is -2.53. The van der Waals surface area contributed by atoms with Crippen LogP contribution in [-0.2, 0) is 9.59 Å². The van der Waals surface area contributed by atoms with Crippen LogP contribution in [-0.4, -0.2) is 32.5 Å². The topological polar surface area (TPSA) is 52.7 Å². The van der Waals surface area contributed by atoms with Crippen molar-refractivity contribution in [3.63, 3.8) is 0 Å². The molecule has 0 fully saturated rings. The molecule has 0 bridgehead atoms. The Bertz CT molecular complexity index is 773. The number of nitrogens with one attached hydrogen (secondary N) is 1. The Kier molecular flexibility index (Phi) is 6.04. The van der Waals surface area contributed by atoms with Crippen LogP contribution in [0.25, 0.3) is 0 Å². The second kappa shape index (κ2) is 8.03. The summed E-state index contributed by atoms with van der Waals surface area (Å²) < 4.78 is 0. The Balaban J connectivity index is 2.09. The largest absolute Gasteiger partial charge is 0.378 e. The summed E-state index contributed by atoms with van der Waals surface area (Å²) in [5.41, 5.74) is 3.24. The van der Waals surface area contributed by atoms with Crippen LogP contribution in [0.3, 0.4) is 0 Å². The summed E-state index contributed by atoms with van der Waals surface area (Å²) in [5.74, 6) is -0.498. The molecular weight excluding hydrogens is 338 g/mol. The second-order valence-corrected chi connectivity index (χ2v) is 6.44. The number of carbonyl (C=O) groups is 2. The zero-order valence-corrected chi connectivity index (χ0v) is 15.6. The summed E-state index contributed by atoms with van der Waals surface area (Å²) in [6, 6.07) is 12.8. The van der Waals surface area contributed by atoms with Crippen LogP contribution in [0.5, 0.6) is 0 Å². The molecule has 25 heavy (non-hydrogen) atoms. The lowest BCUT2D eigenvalue weighted by atomic mass is 10.2. The lowest BCUT2D eigenvalue weighted by Gasteiger charge is -2.21. The van der Waals surface area contributed by atoms with Gasteiger partial charge in [0.15, 0.2) is 0 Å². The van der Waals surface area contributed by atoms with Crippen LogP contribution in [0.2, 0.25) is 5.02 Å². The maximum atomic E-state index is 12.3. The fraction of sp³-hybridized carbons (Fsp3) is 0.263. The van der Waals surface area contributed by atoms with Gasteiger partial charge in [0.25, 0.3) is 0 Å². The number of halogens is 1. The van der Waals surface area contributed by atoms with Crippen LogP contribution in [0.15, 0.2) is 42.5 Å². The van der Waals surface area contributed by atoms with Gasteiger partial charge in [-0.2, -0.15) is 0 Å². The highest BCUT2D eigenvalue weighted by atomic mass is 35.5. The van der Waals surface area contributed by atoms with E-state index in [1.54, 1.807) is 12.1 Å². The maximum absolute atomic E-state index is 12.3. The van der Waals surface area contributed by atoms with Gasteiger partial charge in [0.2, 0.25) is 11.8 Å². The average Bonchev–Trinajstić information content (AvgIpc) is 2.55. The van der Waals surface area contributed by atoms with Crippen LogP contribution < -0.4 is 15.1 Å². The van der Waals surface area contributed by atoms with Crippen molar-refractivity contribution in [2.45, 2.75) is 13.8 Å². The average molecular weight is 360 g/mol. The van der Waals surface area contributed by atoms with Crippen LogP contribution in [0.1, 0.15) is 12.5 Å². The number of carbonyl (C=O) groups excluding carboxylic acids is 2. The SMILES string of the molecule is CC(=O)N(CC(=O)Nc1ccc(N(C)C)cc1)c1ccc(C)c(Cl)c1. The summed E-state index contributed by atoms with van der Waals surface area (Å²) in [7, 11) is 3.90. The van der Waals surface area contributed by atoms with Gasteiger partial charge in [-0.1, -0.05) is 17.7 Å². The number of aryl methyl sites for hydroxylation is 1. The summed E-state index contributed by atoms with van der Waals surface area (Å²) in [4.78, 5) is 27.6. The molecule has 0 saturated heterocycles. The van der Waals surface area contributed by atoms with E-state index in [9.17, 15) is 9.59 Å². The predicted molar refractivity (Wildman–Crippen MR) is 104 cm³/mol. The molecule has 0 heterocycles. The normalized spacial score (nSPS) is 10.3. The first-order chi connectivity index (χ1) is 11.8. The van der Waals surface area contributed by atoms with Gasteiger partial charge in [-0.3, -0.25) is 9.59 Å². The monoisotopic (exact) mass is 359 g/mol. The molecule has 2 amide bonds. The minimum absolute atomic E-state index is 0.0792. The van der Waals surface area contributed by atoms with Crippen LogP contribution in [0, 0.1) is 6.92 Å². The Labute approximate surface area is 153 Å². The molecule has 0 aromatic heterocycles. The Morgan fingerprint density at radius 3 is 2.16 bits per heavy atom. The zero-order valence-electron chi connectivity index (χ0n) is 14.8. The molecule has 0 aliphatic rings. The summed E-state index contributed by atoms with van der Waals surface area (Å²) in [5, 5.41) is 3.36. The van der Waals surface area contributed by atoms with E-state index in [2.05, 4.69) is 5.32 Å². The number of amides is 2. The third kappa shape index (κ3) is 4.97. The number of benzene rings is 2. The predicted octanol–water partition coefficient (Wildman–Crippen LogP) is 3.71. The van der Waals surface area contributed by atoms with E-state index in [0.717, 1.165) is 11.3 Å². The van der Waals surface area contributed by atoms with Crippen molar-refractivity contribution < 1.29 is 9.59 Å². The Morgan fingerprint density at radius 2 is 1.64 bits per heavy atom. The van der Waals surface area contributed by atoms with Crippen molar-refractivity contribution in [1.29, 1.82) is 0 Å². The molecule has 0 atom stereocenters. The van der Waals surface area contributed by atoms with Crippen molar-refractivity contribution in [2.75, 3.05) is 35.8 Å². The van der Waals surface area contributed by atoms with Crippen molar-refractivity contribution in [3.8, 4) is 0 Å². The lowest BCUT2D eigenvalue weighted by Crippen LogP contribution is -2.36. The van der Waals surface area contributed by atoms with Gasteiger partial charge in [-0.05, 0) is 48.9 Å². The molecule has 0 aliphatic carbocycles. The van der Waals surface area contributed by atoms with E-state index in [4.69, 9.17) is 11.6 Å². The van der Waals surface area contributed by atoms with Gasteiger partial charge < -0.3 is 15.1 Å². The van der Waals surface area contributed by atoms with Gasteiger partial charge in [0.05, 0.1) is 0 Å². The number of nitrogens with zero attached hydrogens (tertiary/aromatic N) is 2. The molecule has 132 valence electrons. The summed E-state index contributed by atoms with van der Waals surface area (Å²) in [6.45, 7) is 3.23. The van der Waals surface area contributed by atoms with Gasteiger partial charge in [-0.15, -0.1) is 0 Å². The van der Waals surface area contributed by atoms with Crippen LogP contribution in [0.4, 0.5) is 17.1 Å². The van der Waals surface area contributed by atoms with Gasteiger partial charge in [0, 0.05) is 43.1 Å². The van der Waals surface area contributed by atoms with Gasteiger partial charge in [-0.25, -0.2) is 0 Å². The molecule has 5 nitrogen and oxygen atoms in total. The molecule has 0 radical (unpaired) electrons. The quantitative estimate of drug-likeness (QED) is 0.885. The molecular formula is C19H22ClN3O2. The minimum Gasteiger partial charge on any atom is -0.378 e. The van der Waals surface area contributed by atoms with Crippen molar-refractivity contribution in [1.82, 2.24) is 0 Å². The smallest absolute Gasteiger partial charge is 0.244 e. The van der Waals surface area contributed by atoms with E-state index in [-0.39, 0.29) is 18.4 Å². The Morgan fingerprint density at radius 1 is 1.04 bits per heavy atom. The van der Waals surface area contributed by atoms with Crippen molar-refractivity contribution >= 4 is 40.5 Å². The zero-order chi connectivity index (χ0) is 18.6. The van der Waals surface area contributed by atoms with E-state index in [1.807, 2.05) is 56.3 Å². The number of hydrogen-bond donors (Lipinski definition) is 1. The fourth-order valence-electron chi connectivity index (χ4n) is 2.32. The molecule has 2 aromatic rings. The molecule has 0 aliphatic heterocycles. The highest BCUT2D eigenvalue weighted by Gasteiger charge is 2.16. The highest BCUT2D eigenvalue weighted by molar-refractivity contribution is 6.31. The first kappa shape index (κ1) is 18.8. The minimum atomic E-state index is -0.274. The number of anilines is 3. The van der Waals surface area contributed by atoms with E-state index in [1.165, 1.54) is 11.8 Å². The molecule has 0 spiro atoms. The maximum Gasteiger partial charge on any atom is 0.244 e.